The summed E-state index contributed by atoms with van der Waals surface area (Å²) in [5.41, 5.74) is -0.727. The van der Waals surface area contributed by atoms with Gasteiger partial charge in [0.05, 0.1) is 19.1 Å². The lowest BCUT2D eigenvalue weighted by Crippen LogP contribution is -2.08. The largest absolute Gasteiger partial charge is 0.465 e. The molecule has 0 atom stereocenters. The number of carbonyl (C=O) groups excluding carboxylic acids is 3. The van der Waals surface area contributed by atoms with Crippen molar-refractivity contribution in [3.05, 3.63) is 29.9 Å². The molecular weight excluding hydrogens is 298 g/mol. The van der Waals surface area contributed by atoms with Crippen LogP contribution in [0, 0.1) is 10.1 Å². The lowest BCUT2D eigenvalue weighted by Gasteiger charge is -2.00. The van der Waals surface area contributed by atoms with Gasteiger partial charge in [-0.05, 0) is 0 Å². The van der Waals surface area contributed by atoms with Crippen LogP contribution in [0.1, 0.15) is 0 Å². The Balaban J connectivity index is 3.24. The summed E-state index contributed by atoms with van der Waals surface area (Å²) in [4.78, 5) is 43.1. The summed E-state index contributed by atoms with van der Waals surface area (Å²) in [7, 11) is 2.20. The van der Waals surface area contributed by atoms with Crippen LogP contribution < -0.4 is 0 Å². The van der Waals surface area contributed by atoms with Crippen LogP contribution in [0.3, 0.4) is 0 Å². The first-order valence-electron chi connectivity index (χ1n) is 4.56. The number of methoxy groups -OCH3 is 2. The molecule has 0 amide bonds. The van der Waals surface area contributed by atoms with Gasteiger partial charge >= 0.3 is 17.6 Å². The van der Waals surface area contributed by atoms with Crippen LogP contribution in [0.4, 0.5) is 0 Å². The quantitative estimate of drug-likeness (QED) is 0.243. The molecule has 8 nitrogen and oxygen atoms in total. The van der Waals surface area contributed by atoms with Gasteiger partial charge in [-0.1, -0.05) is 23.5 Å². The molecule has 10 heteroatoms. The van der Waals surface area contributed by atoms with Crippen LogP contribution >= 0.6 is 23.5 Å². The van der Waals surface area contributed by atoms with Crippen molar-refractivity contribution < 1.29 is 28.8 Å². The molecule has 1 rings (SSSR count). The van der Waals surface area contributed by atoms with Crippen molar-refractivity contribution in [1.29, 1.82) is 0 Å². The minimum absolute atomic E-state index is 0.0461. The fraction of sp³-hybridized carbons (Fsp3) is 0.222. The number of nitro groups is 1. The summed E-state index contributed by atoms with van der Waals surface area (Å²) in [6.45, 7) is 0. The molecule has 0 bridgehead atoms. The summed E-state index contributed by atoms with van der Waals surface area (Å²) in [5, 5.41) is 10.6. The molecule has 1 heterocycles. The second-order valence-electron chi connectivity index (χ2n) is 2.89. The molecule has 0 aliphatic carbocycles. The SMILES string of the molecule is COC(=O)C1=C(C(=O)OC)SC(=C(C=O)[N+](=O)[O-])S1. The van der Waals surface area contributed by atoms with Crippen LogP contribution in [0.25, 0.3) is 0 Å². The standard InChI is InChI=1S/C9H7NO7S2/c1-16-7(12)5-6(8(13)17-2)19-9(18-5)4(3-11)10(14)15/h3H,1-2H3. The van der Waals surface area contributed by atoms with Crippen molar-refractivity contribution in [2.75, 3.05) is 14.2 Å². The average Bonchev–Trinajstić information content (AvgIpc) is 2.82. The number of nitrogens with zero attached hydrogens (tertiary/aromatic N) is 1. The van der Waals surface area contributed by atoms with Crippen molar-refractivity contribution in [3.63, 3.8) is 0 Å². The van der Waals surface area contributed by atoms with Crippen molar-refractivity contribution in [1.82, 2.24) is 0 Å². The van der Waals surface area contributed by atoms with Crippen molar-refractivity contribution in [2.45, 2.75) is 0 Å². The van der Waals surface area contributed by atoms with E-state index in [2.05, 4.69) is 9.47 Å². The third-order valence-electron chi connectivity index (χ3n) is 1.85. The van der Waals surface area contributed by atoms with E-state index >= 15 is 0 Å². The van der Waals surface area contributed by atoms with E-state index in [0.717, 1.165) is 14.2 Å². The highest BCUT2D eigenvalue weighted by molar-refractivity contribution is 8.29. The zero-order valence-electron chi connectivity index (χ0n) is 9.70. The minimum atomic E-state index is -0.891. The Labute approximate surface area is 115 Å². The Kier molecular flexibility index (Phi) is 5.12. The van der Waals surface area contributed by atoms with E-state index in [1.54, 1.807) is 0 Å². The van der Waals surface area contributed by atoms with Gasteiger partial charge in [0.2, 0.25) is 6.29 Å². The lowest BCUT2D eigenvalue weighted by atomic mass is 10.5. The van der Waals surface area contributed by atoms with Crippen LogP contribution in [0.15, 0.2) is 19.7 Å². The van der Waals surface area contributed by atoms with Gasteiger partial charge in [0.1, 0.15) is 14.0 Å². The second-order valence-corrected chi connectivity index (χ2v) is 5.19. The van der Waals surface area contributed by atoms with E-state index in [9.17, 15) is 24.5 Å². The van der Waals surface area contributed by atoms with Crippen LogP contribution in [-0.4, -0.2) is 37.4 Å². The van der Waals surface area contributed by atoms with E-state index in [4.69, 9.17) is 0 Å². The maximum atomic E-state index is 11.5. The number of hydrogen-bond acceptors (Lipinski definition) is 9. The predicted octanol–water partition coefficient (Wildman–Crippen LogP) is 0.669. The van der Waals surface area contributed by atoms with Crippen molar-refractivity contribution in [3.8, 4) is 0 Å². The minimum Gasteiger partial charge on any atom is -0.465 e. The highest BCUT2D eigenvalue weighted by Crippen LogP contribution is 2.51. The Morgan fingerprint density at radius 1 is 1.16 bits per heavy atom. The molecule has 0 aromatic carbocycles. The Bertz CT molecular complexity index is 493. The molecular formula is C9H7NO7S2. The van der Waals surface area contributed by atoms with Gasteiger partial charge in [-0.2, -0.15) is 0 Å². The molecule has 0 radical (unpaired) electrons. The average molecular weight is 305 g/mol. The monoisotopic (exact) mass is 305 g/mol. The molecule has 19 heavy (non-hydrogen) atoms. The third kappa shape index (κ3) is 3.15. The molecule has 102 valence electrons. The van der Waals surface area contributed by atoms with Gasteiger partial charge in [0.15, 0.2) is 0 Å². The van der Waals surface area contributed by atoms with E-state index in [1.807, 2.05) is 0 Å². The summed E-state index contributed by atoms with van der Waals surface area (Å²) in [6, 6.07) is 0. The lowest BCUT2D eigenvalue weighted by molar-refractivity contribution is -0.417. The number of hydrogen-bond donors (Lipinski definition) is 0. The van der Waals surface area contributed by atoms with Gasteiger partial charge in [0.25, 0.3) is 0 Å². The summed E-state index contributed by atoms with van der Waals surface area (Å²) < 4.78 is 8.84. The number of rotatable bonds is 4. The first kappa shape index (κ1) is 15.2. The number of allylic oxidation sites excluding steroid dienone is 1. The smallest absolute Gasteiger partial charge is 0.346 e. The maximum Gasteiger partial charge on any atom is 0.346 e. The highest BCUT2D eigenvalue weighted by atomic mass is 32.2. The van der Waals surface area contributed by atoms with Crippen LogP contribution in [0.2, 0.25) is 0 Å². The number of aldehydes is 1. The molecule has 0 unspecified atom stereocenters. The van der Waals surface area contributed by atoms with E-state index < -0.39 is 22.6 Å². The van der Waals surface area contributed by atoms with E-state index in [-0.39, 0.29) is 20.3 Å². The molecule has 0 saturated carbocycles. The number of ether oxygens (including phenoxy) is 2. The molecule has 0 N–H and O–H groups in total. The molecule has 0 fully saturated rings. The molecule has 0 saturated heterocycles. The second kappa shape index (κ2) is 6.38. The van der Waals surface area contributed by atoms with Gasteiger partial charge in [-0.25, -0.2) is 9.59 Å². The van der Waals surface area contributed by atoms with E-state index in [1.165, 1.54) is 0 Å². The molecule has 0 aromatic heterocycles. The molecule has 0 aromatic rings. The van der Waals surface area contributed by atoms with Crippen LogP contribution in [0.5, 0.6) is 0 Å². The Morgan fingerprint density at radius 3 is 1.84 bits per heavy atom. The van der Waals surface area contributed by atoms with Crippen molar-refractivity contribution in [2.24, 2.45) is 0 Å². The molecule has 0 spiro atoms. The topological polar surface area (TPSA) is 113 Å². The predicted molar refractivity (Wildman–Crippen MR) is 66.3 cm³/mol. The third-order valence-corrected chi connectivity index (χ3v) is 4.42. The van der Waals surface area contributed by atoms with Crippen molar-refractivity contribution >= 4 is 41.7 Å². The number of esters is 2. The summed E-state index contributed by atoms with van der Waals surface area (Å²) in [6.07, 6.45) is 0.0461. The fourth-order valence-corrected chi connectivity index (χ4v) is 3.45. The van der Waals surface area contributed by atoms with Gasteiger partial charge < -0.3 is 9.47 Å². The maximum absolute atomic E-state index is 11.5. The van der Waals surface area contributed by atoms with E-state index in [0.29, 0.717) is 23.5 Å². The normalized spacial score (nSPS) is 14.1. The van der Waals surface area contributed by atoms with Crippen LogP contribution in [-0.2, 0) is 23.9 Å². The molecule has 1 aliphatic heterocycles. The summed E-state index contributed by atoms with van der Waals surface area (Å²) in [5.74, 6) is -1.66. The number of carbonyl (C=O) groups is 3. The highest BCUT2D eigenvalue weighted by Gasteiger charge is 2.36. The molecule has 1 aliphatic rings. The Hall–Kier alpha value is -1.81. The zero-order chi connectivity index (χ0) is 14.6. The fourth-order valence-electron chi connectivity index (χ4n) is 1.02. The Morgan fingerprint density at radius 2 is 1.58 bits per heavy atom. The zero-order valence-corrected chi connectivity index (χ0v) is 11.3. The van der Waals surface area contributed by atoms with Gasteiger partial charge in [-0.3, -0.25) is 14.9 Å². The van der Waals surface area contributed by atoms with Gasteiger partial charge in [-0.15, -0.1) is 0 Å². The first-order valence-corrected chi connectivity index (χ1v) is 6.20. The summed E-state index contributed by atoms with van der Waals surface area (Å²) >= 11 is 1.26. The first-order chi connectivity index (χ1) is 8.96. The van der Waals surface area contributed by atoms with Gasteiger partial charge in [0, 0.05) is 0 Å². The number of thioether (sulfide) groups is 2.